The van der Waals surface area contributed by atoms with Crippen molar-refractivity contribution in [3.8, 4) is 34.1 Å². The third-order valence-electron chi connectivity index (χ3n) is 5.99. The average molecular weight is 411 g/mol. The number of carbonyl (C=O) groups excluding carboxylic acids is 1. The molecule has 0 bridgehead atoms. The van der Waals surface area contributed by atoms with E-state index in [-0.39, 0.29) is 18.9 Å². The number of ether oxygens (including phenoxy) is 5. The Bertz CT molecular complexity index is 1020. The normalized spacial score (nSPS) is 17.8. The van der Waals surface area contributed by atoms with Crippen LogP contribution in [-0.4, -0.2) is 44.7 Å². The zero-order valence-corrected chi connectivity index (χ0v) is 17.4. The molecule has 1 amide bonds. The zero-order valence-electron chi connectivity index (χ0n) is 17.4. The van der Waals surface area contributed by atoms with Crippen LogP contribution in [0.1, 0.15) is 36.6 Å². The first-order chi connectivity index (χ1) is 14.7. The summed E-state index contributed by atoms with van der Waals surface area (Å²) >= 11 is 0. The first-order valence-corrected chi connectivity index (χ1v) is 10.4. The summed E-state index contributed by atoms with van der Waals surface area (Å²) in [7, 11) is 1.66. The topological polar surface area (TPSA) is 66.5 Å². The molecule has 0 aromatic heterocycles. The van der Waals surface area contributed by atoms with Crippen molar-refractivity contribution in [1.82, 2.24) is 4.90 Å². The summed E-state index contributed by atoms with van der Waals surface area (Å²) in [6, 6.07) is 5.97. The van der Waals surface area contributed by atoms with Gasteiger partial charge in [0.2, 0.25) is 6.79 Å². The third-order valence-corrected chi connectivity index (χ3v) is 5.99. The fourth-order valence-corrected chi connectivity index (χ4v) is 4.79. The molecule has 0 saturated carbocycles. The Hall–Kier alpha value is -3.09. The van der Waals surface area contributed by atoms with E-state index in [0.717, 1.165) is 40.2 Å². The monoisotopic (exact) mass is 411 g/mol. The first kappa shape index (κ1) is 18.9. The predicted molar refractivity (Wildman–Crippen MR) is 110 cm³/mol. The summed E-state index contributed by atoms with van der Waals surface area (Å²) in [6.45, 7) is 5.46. The average Bonchev–Trinajstić information content (AvgIpc) is 3.21. The van der Waals surface area contributed by atoms with Crippen LogP contribution in [-0.2, 0) is 17.6 Å². The van der Waals surface area contributed by atoms with Crippen LogP contribution in [0.4, 0.5) is 4.79 Å². The quantitative estimate of drug-likeness (QED) is 0.755. The maximum absolute atomic E-state index is 12.7. The predicted octanol–water partition coefficient (Wildman–Crippen LogP) is 4.10. The fourth-order valence-electron chi connectivity index (χ4n) is 4.79. The van der Waals surface area contributed by atoms with Crippen molar-refractivity contribution in [2.45, 2.75) is 32.7 Å². The lowest BCUT2D eigenvalue weighted by molar-refractivity contribution is 0.0861. The van der Waals surface area contributed by atoms with E-state index >= 15 is 0 Å². The molecule has 1 aliphatic carbocycles. The fraction of sp³-hybridized carbons (Fsp3) is 0.435. The number of benzene rings is 2. The van der Waals surface area contributed by atoms with Gasteiger partial charge in [-0.1, -0.05) is 0 Å². The van der Waals surface area contributed by atoms with Crippen molar-refractivity contribution in [3.05, 3.63) is 34.9 Å². The van der Waals surface area contributed by atoms with Crippen LogP contribution in [0.15, 0.2) is 18.2 Å². The number of methoxy groups -OCH3 is 1. The van der Waals surface area contributed by atoms with Crippen LogP contribution < -0.4 is 18.9 Å². The second-order valence-electron chi connectivity index (χ2n) is 7.51. The maximum atomic E-state index is 12.7. The van der Waals surface area contributed by atoms with E-state index in [1.54, 1.807) is 7.11 Å². The maximum Gasteiger partial charge on any atom is 0.410 e. The molecule has 0 fully saturated rings. The van der Waals surface area contributed by atoms with Gasteiger partial charge in [0.25, 0.3) is 0 Å². The lowest BCUT2D eigenvalue weighted by atomic mass is 9.76. The van der Waals surface area contributed by atoms with E-state index in [0.29, 0.717) is 37.7 Å². The summed E-state index contributed by atoms with van der Waals surface area (Å²) in [4.78, 5) is 14.6. The molecule has 7 nitrogen and oxygen atoms in total. The first-order valence-electron chi connectivity index (χ1n) is 10.4. The molecule has 0 N–H and O–H groups in total. The summed E-state index contributed by atoms with van der Waals surface area (Å²) < 4.78 is 28.4. The van der Waals surface area contributed by atoms with Gasteiger partial charge >= 0.3 is 6.09 Å². The standard InChI is InChI=1S/C23H25NO6/c1-4-27-22-19(26-3)9-13-6-7-24(23(25)28-5-2)16-8-14-10-17-18(30-12-29-17)11-15(14)21(22)20(13)16/h9-11,16H,4-8,12H2,1-3H3/t16-/m0/s1. The molecule has 30 heavy (non-hydrogen) atoms. The molecule has 2 aliphatic heterocycles. The minimum atomic E-state index is -0.280. The van der Waals surface area contributed by atoms with Crippen molar-refractivity contribution >= 4 is 6.09 Å². The van der Waals surface area contributed by atoms with E-state index in [1.807, 2.05) is 30.9 Å². The zero-order chi connectivity index (χ0) is 20.8. The molecule has 0 spiro atoms. The Morgan fingerprint density at radius 1 is 1.13 bits per heavy atom. The number of amides is 1. The molecule has 0 unspecified atom stereocenters. The molecule has 2 aromatic rings. The molecule has 5 rings (SSSR count). The Kier molecular flexibility index (Phi) is 4.60. The number of hydrogen-bond acceptors (Lipinski definition) is 6. The second kappa shape index (κ2) is 7.31. The van der Waals surface area contributed by atoms with Gasteiger partial charge < -0.3 is 28.6 Å². The third kappa shape index (κ3) is 2.75. The highest BCUT2D eigenvalue weighted by Crippen LogP contribution is 2.54. The molecule has 2 heterocycles. The number of carbonyl (C=O) groups is 1. The lowest BCUT2D eigenvalue weighted by Crippen LogP contribution is -2.42. The largest absolute Gasteiger partial charge is 0.493 e. The minimum Gasteiger partial charge on any atom is -0.493 e. The molecule has 2 aromatic carbocycles. The Balaban J connectivity index is 1.76. The van der Waals surface area contributed by atoms with Gasteiger partial charge in [-0.15, -0.1) is 0 Å². The van der Waals surface area contributed by atoms with Gasteiger partial charge in [0, 0.05) is 12.1 Å². The Morgan fingerprint density at radius 3 is 2.67 bits per heavy atom. The molecule has 3 aliphatic rings. The van der Waals surface area contributed by atoms with Gasteiger partial charge in [0.1, 0.15) is 0 Å². The van der Waals surface area contributed by atoms with Gasteiger partial charge in [0.05, 0.1) is 26.4 Å². The number of rotatable bonds is 4. The van der Waals surface area contributed by atoms with Gasteiger partial charge in [-0.05, 0) is 67.1 Å². The van der Waals surface area contributed by atoms with E-state index in [4.69, 9.17) is 23.7 Å². The SMILES string of the molecule is CCOC(=O)N1CCc2cc(OC)c(OCC)c3c2[C@@H]1Cc1cc2c(cc1-3)OCO2. The smallest absolute Gasteiger partial charge is 0.410 e. The second-order valence-corrected chi connectivity index (χ2v) is 7.51. The molecular formula is C23H25NO6. The summed E-state index contributed by atoms with van der Waals surface area (Å²) in [5, 5.41) is 0. The Labute approximate surface area is 175 Å². The van der Waals surface area contributed by atoms with Crippen LogP contribution in [0.3, 0.4) is 0 Å². The molecule has 7 heteroatoms. The van der Waals surface area contributed by atoms with Crippen LogP contribution in [0.2, 0.25) is 0 Å². The van der Waals surface area contributed by atoms with Gasteiger partial charge in [-0.25, -0.2) is 4.79 Å². The van der Waals surface area contributed by atoms with E-state index in [9.17, 15) is 4.79 Å². The van der Waals surface area contributed by atoms with Crippen molar-refractivity contribution in [3.63, 3.8) is 0 Å². The van der Waals surface area contributed by atoms with E-state index in [2.05, 4.69) is 6.07 Å². The van der Waals surface area contributed by atoms with Gasteiger partial charge in [-0.3, -0.25) is 0 Å². The van der Waals surface area contributed by atoms with Gasteiger partial charge in [-0.2, -0.15) is 0 Å². The molecular weight excluding hydrogens is 386 g/mol. The number of nitrogens with zero attached hydrogens (tertiary/aromatic N) is 1. The van der Waals surface area contributed by atoms with Crippen molar-refractivity contribution in [2.75, 3.05) is 33.7 Å². The highest BCUT2D eigenvalue weighted by Gasteiger charge is 2.40. The minimum absolute atomic E-state index is 0.124. The summed E-state index contributed by atoms with van der Waals surface area (Å²) in [6.07, 6.45) is 1.14. The molecule has 0 saturated heterocycles. The lowest BCUT2D eigenvalue weighted by Gasteiger charge is -2.41. The highest BCUT2D eigenvalue weighted by atomic mass is 16.7. The molecule has 1 atom stereocenters. The van der Waals surface area contributed by atoms with E-state index < -0.39 is 0 Å². The van der Waals surface area contributed by atoms with E-state index in [1.165, 1.54) is 5.56 Å². The number of hydrogen-bond donors (Lipinski definition) is 0. The van der Waals surface area contributed by atoms with Crippen LogP contribution in [0.25, 0.3) is 11.1 Å². The molecule has 0 radical (unpaired) electrons. The van der Waals surface area contributed by atoms with Crippen LogP contribution in [0, 0.1) is 0 Å². The van der Waals surface area contributed by atoms with Crippen molar-refractivity contribution < 1.29 is 28.5 Å². The Morgan fingerprint density at radius 2 is 1.93 bits per heavy atom. The molecule has 158 valence electrons. The number of fused-ring (bicyclic) bond motifs is 3. The van der Waals surface area contributed by atoms with Crippen molar-refractivity contribution in [2.24, 2.45) is 0 Å². The van der Waals surface area contributed by atoms with Crippen LogP contribution in [0.5, 0.6) is 23.0 Å². The van der Waals surface area contributed by atoms with Crippen molar-refractivity contribution in [1.29, 1.82) is 0 Å². The van der Waals surface area contributed by atoms with Crippen LogP contribution >= 0.6 is 0 Å². The summed E-state index contributed by atoms with van der Waals surface area (Å²) in [5.74, 6) is 2.87. The summed E-state index contributed by atoms with van der Waals surface area (Å²) in [5.41, 5.74) is 5.40. The highest BCUT2D eigenvalue weighted by molar-refractivity contribution is 5.86. The van der Waals surface area contributed by atoms with Gasteiger partial charge in [0.15, 0.2) is 23.0 Å².